The minimum absolute atomic E-state index is 0.223. The molecule has 15 heavy (non-hydrogen) atoms. The molecule has 0 aromatic heterocycles. The summed E-state index contributed by atoms with van der Waals surface area (Å²) in [5.41, 5.74) is 0.223. The predicted molar refractivity (Wildman–Crippen MR) is 63.1 cm³/mol. The zero-order valence-electron chi connectivity index (χ0n) is 10.5. The van der Waals surface area contributed by atoms with Crippen molar-refractivity contribution < 1.29 is 4.74 Å². The Labute approximate surface area is 94.0 Å². The van der Waals surface area contributed by atoms with Gasteiger partial charge in [0.1, 0.15) is 0 Å². The number of hydrogen-bond acceptors (Lipinski definition) is 2. The van der Waals surface area contributed by atoms with Crippen molar-refractivity contribution in [1.82, 2.24) is 4.90 Å². The number of hydrogen-bond donors (Lipinski definition) is 0. The molecular formula is C13H25NO. The normalized spacial score (nSPS) is 39.8. The van der Waals surface area contributed by atoms with Crippen LogP contribution in [0.1, 0.15) is 52.9 Å². The molecule has 1 spiro atoms. The van der Waals surface area contributed by atoms with Gasteiger partial charge in [-0.3, -0.25) is 4.90 Å². The number of ether oxygens (including phenoxy) is 1. The third kappa shape index (κ3) is 2.21. The monoisotopic (exact) mass is 211 g/mol. The van der Waals surface area contributed by atoms with Crippen LogP contribution in [0.4, 0.5) is 0 Å². The Kier molecular flexibility index (Phi) is 3.36. The van der Waals surface area contributed by atoms with E-state index in [1.165, 1.54) is 38.6 Å². The Balaban J connectivity index is 2.01. The van der Waals surface area contributed by atoms with Crippen LogP contribution >= 0.6 is 0 Å². The van der Waals surface area contributed by atoms with E-state index in [1.54, 1.807) is 0 Å². The third-order valence-electron chi connectivity index (χ3n) is 4.30. The molecule has 3 unspecified atom stereocenters. The van der Waals surface area contributed by atoms with Gasteiger partial charge in [0.2, 0.25) is 0 Å². The fourth-order valence-electron chi connectivity index (χ4n) is 3.23. The zero-order valence-corrected chi connectivity index (χ0v) is 10.5. The van der Waals surface area contributed by atoms with Gasteiger partial charge in [0.25, 0.3) is 0 Å². The molecule has 0 aliphatic carbocycles. The maximum atomic E-state index is 6.08. The first-order chi connectivity index (χ1) is 7.17. The van der Waals surface area contributed by atoms with Crippen molar-refractivity contribution in [2.75, 3.05) is 13.2 Å². The highest BCUT2D eigenvalue weighted by Gasteiger charge is 2.44. The molecule has 0 aromatic carbocycles. The van der Waals surface area contributed by atoms with Crippen molar-refractivity contribution in [3.63, 3.8) is 0 Å². The molecule has 2 fully saturated rings. The molecule has 3 atom stereocenters. The Morgan fingerprint density at radius 1 is 1.47 bits per heavy atom. The van der Waals surface area contributed by atoms with Crippen molar-refractivity contribution in [3.8, 4) is 0 Å². The van der Waals surface area contributed by atoms with Crippen molar-refractivity contribution in [3.05, 3.63) is 0 Å². The second-order valence-electron chi connectivity index (χ2n) is 5.47. The molecule has 0 radical (unpaired) electrons. The van der Waals surface area contributed by atoms with Crippen molar-refractivity contribution in [2.24, 2.45) is 0 Å². The maximum absolute atomic E-state index is 6.08. The first-order valence-corrected chi connectivity index (χ1v) is 6.56. The average Bonchev–Trinajstić information content (AvgIpc) is 2.55. The molecule has 2 aliphatic rings. The van der Waals surface area contributed by atoms with E-state index in [4.69, 9.17) is 4.74 Å². The maximum Gasteiger partial charge on any atom is 0.0823 e. The highest BCUT2D eigenvalue weighted by Crippen LogP contribution is 2.38. The smallest absolute Gasteiger partial charge is 0.0823 e. The second-order valence-corrected chi connectivity index (χ2v) is 5.47. The van der Waals surface area contributed by atoms with Crippen LogP contribution in [0.5, 0.6) is 0 Å². The molecule has 2 rings (SSSR count). The minimum atomic E-state index is 0.223. The van der Waals surface area contributed by atoms with Crippen LogP contribution in [-0.2, 0) is 4.74 Å². The lowest BCUT2D eigenvalue weighted by molar-refractivity contribution is -0.0712. The summed E-state index contributed by atoms with van der Waals surface area (Å²) in [5, 5.41) is 0. The summed E-state index contributed by atoms with van der Waals surface area (Å²) in [6.07, 6.45) is 6.41. The number of rotatable bonds is 2. The van der Waals surface area contributed by atoms with E-state index in [2.05, 4.69) is 25.7 Å². The molecule has 0 aromatic rings. The van der Waals surface area contributed by atoms with Crippen LogP contribution < -0.4 is 0 Å². The third-order valence-corrected chi connectivity index (χ3v) is 4.30. The van der Waals surface area contributed by atoms with Crippen molar-refractivity contribution >= 4 is 0 Å². The van der Waals surface area contributed by atoms with E-state index in [1.807, 2.05) is 0 Å². The van der Waals surface area contributed by atoms with E-state index in [9.17, 15) is 0 Å². The van der Waals surface area contributed by atoms with Crippen molar-refractivity contribution in [1.29, 1.82) is 0 Å². The van der Waals surface area contributed by atoms with Gasteiger partial charge in [0.15, 0.2) is 0 Å². The van der Waals surface area contributed by atoms with Gasteiger partial charge in [-0.1, -0.05) is 6.92 Å². The molecule has 0 N–H and O–H groups in total. The summed E-state index contributed by atoms with van der Waals surface area (Å²) < 4.78 is 6.08. The Bertz CT molecular complexity index is 211. The minimum Gasteiger partial charge on any atom is -0.374 e. The van der Waals surface area contributed by atoms with E-state index < -0.39 is 0 Å². The van der Waals surface area contributed by atoms with E-state index in [0.717, 1.165) is 6.61 Å². The lowest BCUT2D eigenvalue weighted by Crippen LogP contribution is -2.41. The number of nitrogens with zero attached hydrogens (tertiary/aromatic N) is 1. The molecule has 2 nitrogen and oxygen atoms in total. The predicted octanol–water partition coefficient (Wildman–Crippen LogP) is 2.82. The average molecular weight is 211 g/mol. The van der Waals surface area contributed by atoms with Gasteiger partial charge in [0.05, 0.1) is 5.60 Å². The molecule has 0 amide bonds. The van der Waals surface area contributed by atoms with Crippen LogP contribution in [0.25, 0.3) is 0 Å². The molecule has 2 aliphatic heterocycles. The highest BCUT2D eigenvalue weighted by atomic mass is 16.5. The zero-order chi connectivity index (χ0) is 10.9. The summed E-state index contributed by atoms with van der Waals surface area (Å²) in [4.78, 5) is 2.64. The first-order valence-electron chi connectivity index (χ1n) is 6.56. The molecule has 2 heteroatoms. The molecule has 2 saturated heterocycles. The van der Waals surface area contributed by atoms with Crippen LogP contribution in [0.15, 0.2) is 0 Å². The van der Waals surface area contributed by atoms with Crippen LogP contribution in [0.2, 0.25) is 0 Å². The van der Waals surface area contributed by atoms with Gasteiger partial charge in [-0.05, 0) is 46.0 Å². The Hall–Kier alpha value is -0.0800. The van der Waals surface area contributed by atoms with Crippen LogP contribution in [-0.4, -0.2) is 35.7 Å². The van der Waals surface area contributed by atoms with Gasteiger partial charge in [-0.15, -0.1) is 0 Å². The van der Waals surface area contributed by atoms with Gasteiger partial charge >= 0.3 is 0 Å². The molecule has 2 heterocycles. The topological polar surface area (TPSA) is 12.5 Å². The fraction of sp³-hybridized carbons (Fsp3) is 1.00. The Morgan fingerprint density at radius 3 is 2.87 bits per heavy atom. The van der Waals surface area contributed by atoms with Gasteiger partial charge < -0.3 is 4.74 Å². The quantitative estimate of drug-likeness (QED) is 0.696. The van der Waals surface area contributed by atoms with Crippen molar-refractivity contribution in [2.45, 2.75) is 70.6 Å². The van der Waals surface area contributed by atoms with Gasteiger partial charge in [-0.2, -0.15) is 0 Å². The van der Waals surface area contributed by atoms with Gasteiger partial charge in [0, 0.05) is 25.2 Å². The summed E-state index contributed by atoms with van der Waals surface area (Å²) in [7, 11) is 0. The fourth-order valence-corrected chi connectivity index (χ4v) is 3.23. The van der Waals surface area contributed by atoms with E-state index in [-0.39, 0.29) is 5.60 Å². The first kappa shape index (κ1) is 11.4. The largest absolute Gasteiger partial charge is 0.374 e. The lowest BCUT2D eigenvalue weighted by atomic mass is 9.91. The molecular weight excluding hydrogens is 186 g/mol. The molecule has 0 saturated carbocycles. The standard InChI is InChI=1S/C13H25NO/c1-4-11(2)14-10-13(9-12(14)3)7-5-6-8-15-13/h11-12H,4-10H2,1-3H3. The summed E-state index contributed by atoms with van der Waals surface area (Å²) >= 11 is 0. The summed E-state index contributed by atoms with van der Waals surface area (Å²) in [6, 6.07) is 1.42. The number of likely N-dealkylation sites (tertiary alicyclic amines) is 1. The van der Waals surface area contributed by atoms with Crippen LogP contribution in [0, 0.1) is 0 Å². The van der Waals surface area contributed by atoms with E-state index >= 15 is 0 Å². The summed E-state index contributed by atoms with van der Waals surface area (Å²) in [5.74, 6) is 0. The SMILES string of the molecule is CCC(C)N1CC2(CCCCO2)CC1C. The van der Waals surface area contributed by atoms with Crippen LogP contribution in [0.3, 0.4) is 0 Å². The Morgan fingerprint density at radius 2 is 2.27 bits per heavy atom. The molecule has 88 valence electrons. The van der Waals surface area contributed by atoms with E-state index in [0.29, 0.717) is 12.1 Å². The second kappa shape index (κ2) is 4.42. The molecule has 0 bridgehead atoms. The lowest BCUT2D eigenvalue weighted by Gasteiger charge is -2.34. The van der Waals surface area contributed by atoms with Gasteiger partial charge in [-0.25, -0.2) is 0 Å². The highest BCUT2D eigenvalue weighted by molar-refractivity contribution is 4.98. The summed E-state index contributed by atoms with van der Waals surface area (Å²) in [6.45, 7) is 9.14.